The molecular formula is C18H24N6O2. The highest BCUT2D eigenvalue weighted by molar-refractivity contribution is 5.78. The fourth-order valence-corrected chi connectivity index (χ4v) is 3.72. The molecule has 26 heavy (non-hydrogen) atoms. The van der Waals surface area contributed by atoms with Crippen LogP contribution < -0.4 is 0 Å². The molecule has 0 bridgehead atoms. The maximum absolute atomic E-state index is 12.7. The Morgan fingerprint density at radius 2 is 2.04 bits per heavy atom. The molecule has 138 valence electrons. The molecule has 4 heterocycles. The highest BCUT2D eigenvalue weighted by atomic mass is 16.5. The zero-order chi connectivity index (χ0) is 18.1. The van der Waals surface area contributed by atoms with Crippen LogP contribution in [0.4, 0.5) is 0 Å². The number of pyridine rings is 1. The smallest absolute Gasteiger partial charge is 0.236 e. The summed E-state index contributed by atoms with van der Waals surface area (Å²) in [5.41, 5.74) is 0.965. The van der Waals surface area contributed by atoms with E-state index in [1.54, 1.807) is 12.4 Å². The minimum atomic E-state index is 0.0918. The maximum atomic E-state index is 12.7. The molecule has 1 saturated heterocycles. The SMILES string of the molecule is CC1CN(C(=O)CN2CCn3c(nnc3-c3cccnc3)C2)CC(C)O1. The summed E-state index contributed by atoms with van der Waals surface area (Å²) in [7, 11) is 0. The van der Waals surface area contributed by atoms with E-state index >= 15 is 0 Å². The van der Waals surface area contributed by atoms with Crippen molar-refractivity contribution in [2.45, 2.75) is 39.1 Å². The van der Waals surface area contributed by atoms with Gasteiger partial charge in [-0.3, -0.25) is 14.7 Å². The van der Waals surface area contributed by atoms with Crippen LogP contribution in [-0.2, 0) is 22.6 Å². The van der Waals surface area contributed by atoms with Gasteiger partial charge in [-0.15, -0.1) is 10.2 Å². The molecule has 2 aliphatic heterocycles. The highest BCUT2D eigenvalue weighted by Crippen LogP contribution is 2.21. The molecule has 0 radical (unpaired) electrons. The molecule has 1 amide bonds. The summed E-state index contributed by atoms with van der Waals surface area (Å²) in [4.78, 5) is 20.9. The van der Waals surface area contributed by atoms with Crippen LogP contribution in [0.1, 0.15) is 19.7 Å². The normalized spacial score (nSPS) is 23.7. The fraction of sp³-hybridized carbons (Fsp3) is 0.556. The third-order valence-corrected chi connectivity index (χ3v) is 4.88. The third kappa shape index (κ3) is 3.47. The standard InChI is InChI=1S/C18H24N6O2/c1-13-9-23(10-14(2)26-13)17(25)12-22-6-7-24-16(11-22)20-21-18(24)15-4-3-5-19-8-15/h3-5,8,13-14H,6-7,9-12H2,1-2H3. The number of aromatic nitrogens is 4. The minimum Gasteiger partial charge on any atom is -0.372 e. The number of hydrogen-bond acceptors (Lipinski definition) is 6. The molecule has 0 saturated carbocycles. The summed E-state index contributed by atoms with van der Waals surface area (Å²) >= 11 is 0. The van der Waals surface area contributed by atoms with Crippen LogP contribution in [0.15, 0.2) is 24.5 Å². The molecule has 2 unspecified atom stereocenters. The van der Waals surface area contributed by atoms with Gasteiger partial charge < -0.3 is 14.2 Å². The van der Waals surface area contributed by atoms with Gasteiger partial charge in [0.25, 0.3) is 0 Å². The van der Waals surface area contributed by atoms with Crippen molar-refractivity contribution in [3.8, 4) is 11.4 Å². The Morgan fingerprint density at radius 1 is 1.23 bits per heavy atom. The minimum absolute atomic E-state index is 0.0918. The van der Waals surface area contributed by atoms with Gasteiger partial charge >= 0.3 is 0 Å². The Kier molecular flexibility index (Phi) is 4.69. The second-order valence-corrected chi connectivity index (χ2v) is 7.10. The van der Waals surface area contributed by atoms with E-state index < -0.39 is 0 Å². The first-order valence-corrected chi connectivity index (χ1v) is 9.08. The second kappa shape index (κ2) is 7.13. The molecule has 2 aromatic rings. The van der Waals surface area contributed by atoms with Gasteiger partial charge in [0.1, 0.15) is 5.82 Å². The molecule has 2 atom stereocenters. The van der Waals surface area contributed by atoms with Crippen LogP contribution in [0.3, 0.4) is 0 Å². The summed E-state index contributed by atoms with van der Waals surface area (Å²) in [6.45, 7) is 7.98. The molecule has 2 aliphatic rings. The molecule has 0 N–H and O–H groups in total. The van der Waals surface area contributed by atoms with Crippen LogP contribution in [-0.4, -0.2) is 73.8 Å². The first-order valence-electron chi connectivity index (χ1n) is 9.08. The molecule has 0 spiro atoms. The number of fused-ring (bicyclic) bond motifs is 1. The van der Waals surface area contributed by atoms with Crippen LogP contribution >= 0.6 is 0 Å². The van der Waals surface area contributed by atoms with E-state index in [0.29, 0.717) is 26.2 Å². The van der Waals surface area contributed by atoms with E-state index in [-0.39, 0.29) is 18.1 Å². The summed E-state index contributed by atoms with van der Waals surface area (Å²) < 4.78 is 7.84. The van der Waals surface area contributed by atoms with Crippen LogP contribution in [0, 0.1) is 0 Å². The van der Waals surface area contributed by atoms with Crippen molar-refractivity contribution in [2.75, 3.05) is 26.2 Å². The van der Waals surface area contributed by atoms with E-state index in [2.05, 4.69) is 24.6 Å². The Bertz CT molecular complexity index is 767. The van der Waals surface area contributed by atoms with Gasteiger partial charge in [-0.2, -0.15) is 0 Å². The maximum Gasteiger partial charge on any atom is 0.236 e. The molecule has 0 aromatic carbocycles. The van der Waals surface area contributed by atoms with Crippen LogP contribution in [0.5, 0.6) is 0 Å². The Morgan fingerprint density at radius 3 is 2.77 bits per heavy atom. The number of carbonyl (C=O) groups excluding carboxylic acids is 1. The third-order valence-electron chi connectivity index (χ3n) is 4.88. The van der Waals surface area contributed by atoms with Crippen molar-refractivity contribution in [1.82, 2.24) is 29.5 Å². The van der Waals surface area contributed by atoms with Crippen molar-refractivity contribution >= 4 is 5.91 Å². The molecule has 2 aromatic heterocycles. The fourth-order valence-electron chi connectivity index (χ4n) is 3.72. The number of amides is 1. The largest absolute Gasteiger partial charge is 0.372 e. The Balaban J connectivity index is 1.41. The van der Waals surface area contributed by atoms with E-state index in [4.69, 9.17) is 4.74 Å². The van der Waals surface area contributed by atoms with Gasteiger partial charge in [0.15, 0.2) is 5.82 Å². The molecule has 1 fully saturated rings. The van der Waals surface area contributed by atoms with E-state index in [1.165, 1.54) is 0 Å². The lowest BCUT2D eigenvalue weighted by atomic mass is 10.2. The number of nitrogens with zero attached hydrogens (tertiary/aromatic N) is 6. The number of carbonyl (C=O) groups is 1. The van der Waals surface area contributed by atoms with Gasteiger partial charge in [0.2, 0.25) is 5.91 Å². The lowest BCUT2D eigenvalue weighted by molar-refractivity contribution is -0.144. The van der Waals surface area contributed by atoms with E-state index in [9.17, 15) is 4.79 Å². The zero-order valence-electron chi connectivity index (χ0n) is 15.2. The summed E-state index contributed by atoms with van der Waals surface area (Å²) in [6.07, 6.45) is 3.73. The lowest BCUT2D eigenvalue weighted by Gasteiger charge is -2.37. The Labute approximate surface area is 152 Å². The average molecular weight is 356 g/mol. The summed E-state index contributed by atoms with van der Waals surface area (Å²) in [5, 5.41) is 8.65. The molecule has 0 aliphatic carbocycles. The van der Waals surface area contributed by atoms with Gasteiger partial charge in [-0.1, -0.05) is 0 Å². The second-order valence-electron chi connectivity index (χ2n) is 7.10. The van der Waals surface area contributed by atoms with Crippen molar-refractivity contribution in [1.29, 1.82) is 0 Å². The number of rotatable bonds is 3. The topological polar surface area (TPSA) is 76.4 Å². The Hall–Kier alpha value is -2.32. The quantitative estimate of drug-likeness (QED) is 0.809. The first-order chi connectivity index (χ1) is 12.6. The van der Waals surface area contributed by atoms with Crippen molar-refractivity contribution in [3.05, 3.63) is 30.4 Å². The molecule has 4 rings (SSSR count). The van der Waals surface area contributed by atoms with E-state index in [1.807, 2.05) is 30.9 Å². The average Bonchev–Trinajstić information content (AvgIpc) is 3.05. The van der Waals surface area contributed by atoms with E-state index in [0.717, 1.165) is 30.3 Å². The number of hydrogen-bond donors (Lipinski definition) is 0. The summed E-state index contributed by atoms with van der Waals surface area (Å²) in [6, 6.07) is 3.88. The van der Waals surface area contributed by atoms with Gasteiger partial charge in [-0.25, -0.2) is 0 Å². The van der Waals surface area contributed by atoms with Crippen molar-refractivity contribution in [3.63, 3.8) is 0 Å². The molecule has 8 heteroatoms. The number of morpholine rings is 1. The molecular weight excluding hydrogens is 332 g/mol. The van der Waals surface area contributed by atoms with Gasteiger partial charge in [0.05, 0.1) is 25.3 Å². The monoisotopic (exact) mass is 356 g/mol. The lowest BCUT2D eigenvalue weighted by Crippen LogP contribution is -2.51. The highest BCUT2D eigenvalue weighted by Gasteiger charge is 2.29. The predicted octanol–water partition coefficient (Wildman–Crippen LogP) is 0.791. The number of ether oxygens (including phenoxy) is 1. The van der Waals surface area contributed by atoms with Crippen molar-refractivity contribution < 1.29 is 9.53 Å². The predicted molar refractivity (Wildman–Crippen MR) is 95.1 cm³/mol. The van der Waals surface area contributed by atoms with Crippen molar-refractivity contribution in [2.24, 2.45) is 0 Å². The summed E-state index contributed by atoms with van der Waals surface area (Å²) in [5.74, 6) is 1.90. The first kappa shape index (κ1) is 17.1. The van der Waals surface area contributed by atoms with Crippen LogP contribution in [0.2, 0.25) is 0 Å². The van der Waals surface area contributed by atoms with Gasteiger partial charge in [-0.05, 0) is 26.0 Å². The van der Waals surface area contributed by atoms with Crippen LogP contribution in [0.25, 0.3) is 11.4 Å². The molecule has 8 nitrogen and oxygen atoms in total. The zero-order valence-corrected chi connectivity index (χ0v) is 15.2. The van der Waals surface area contributed by atoms with Gasteiger partial charge in [0, 0.05) is 44.1 Å².